The van der Waals surface area contributed by atoms with Crippen LogP contribution in [0.1, 0.15) is 0 Å². The van der Waals surface area contributed by atoms with Gasteiger partial charge in [-0.25, -0.2) is 9.97 Å². The van der Waals surface area contributed by atoms with Crippen LogP contribution in [-0.2, 0) is 0 Å². The highest BCUT2D eigenvalue weighted by Gasteiger charge is 2.06. The number of phenolic OH excluding ortho intramolecular Hbond substituents is 3. The summed E-state index contributed by atoms with van der Waals surface area (Å²) in [6, 6.07) is 7.33. The fourth-order valence-electron chi connectivity index (χ4n) is 1.69. The van der Waals surface area contributed by atoms with E-state index in [0.29, 0.717) is 22.1 Å². The fraction of sp³-hybridized carbons (Fsp3) is 0. The zero-order chi connectivity index (χ0) is 12.0. The highest BCUT2D eigenvalue weighted by molar-refractivity contribution is 5.88. The van der Waals surface area contributed by atoms with Gasteiger partial charge in [0.25, 0.3) is 0 Å². The minimum Gasteiger partial charge on any atom is -0.508 e. The van der Waals surface area contributed by atoms with Crippen molar-refractivity contribution in [2.45, 2.75) is 0 Å². The van der Waals surface area contributed by atoms with Crippen LogP contribution in [0.3, 0.4) is 0 Å². The molecule has 5 nitrogen and oxygen atoms in total. The Morgan fingerprint density at radius 2 is 1.18 bits per heavy atom. The molecule has 1 heterocycles. The summed E-state index contributed by atoms with van der Waals surface area (Å²) < 4.78 is 0. The van der Waals surface area contributed by atoms with Gasteiger partial charge in [-0.3, -0.25) is 0 Å². The van der Waals surface area contributed by atoms with Crippen LogP contribution in [0, 0.1) is 0 Å². The molecular formula is C12H8N2O3. The zero-order valence-electron chi connectivity index (χ0n) is 8.62. The van der Waals surface area contributed by atoms with Gasteiger partial charge in [-0.2, -0.15) is 0 Å². The molecule has 0 spiro atoms. The average Bonchev–Trinajstić information content (AvgIpc) is 2.28. The van der Waals surface area contributed by atoms with E-state index in [4.69, 9.17) is 0 Å². The number of benzene rings is 2. The van der Waals surface area contributed by atoms with Crippen molar-refractivity contribution >= 4 is 22.1 Å². The number of nitrogens with zero attached hydrogens (tertiary/aromatic N) is 2. The van der Waals surface area contributed by atoms with Gasteiger partial charge in [0.15, 0.2) is 11.5 Å². The molecule has 3 N–H and O–H groups in total. The first-order chi connectivity index (χ1) is 8.13. The van der Waals surface area contributed by atoms with Gasteiger partial charge < -0.3 is 15.3 Å². The molecule has 0 aliphatic heterocycles. The molecule has 0 amide bonds. The summed E-state index contributed by atoms with van der Waals surface area (Å²) in [4.78, 5) is 8.52. The van der Waals surface area contributed by atoms with Crippen molar-refractivity contribution in [3.63, 3.8) is 0 Å². The molecule has 0 atom stereocenters. The van der Waals surface area contributed by atoms with E-state index in [-0.39, 0.29) is 17.2 Å². The van der Waals surface area contributed by atoms with Crippen LogP contribution in [-0.4, -0.2) is 25.3 Å². The third kappa shape index (κ3) is 1.48. The van der Waals surface area contributed by atoms with Crippen LogP contribution >= 0.6 is 0 Å². The Morgan fingerprint density at radius 3 is 1.82 bits per heavy atom. The predicted molar refractivity (Wildman–Crippen MR) is 62.0 cm³/mol. The molecule has 3 aromatic rings. The molecule has 17 heavy (non-hydrogen) atoms. The number of aromatic nitrogens is 2. The number of fused-ring (bicyclic) bond motifs is 2. The third-order valence-corrected chi connectivity index (χ3v) is 2.51. The molecule has 5 heteroatoms. The zero-order valence-corrected chi connectivity index (χ0v) is 8.62. The smallest absolute Gasteiger partial charge is 0.159 e. The summed E-state index contributed by atoms with van der Waals surface area (Å²) in [6.45, 7) is 0. The van der Waals surface area contributed by atoms with Crippen molar-refractivity contribution in [3.8, 4) is 17.2 Å². The number of rotatable bonds is 0. The van der Waals surface area contributed by atoms with Crippen LogP contribution in [0.5, 0.6) is 17.2 Å². The van der Waals surface area contributed by atoms with Crippen molar-refractivity contribution in [3.05, 3.63) is 30.3 Å². The van der Waals surface area contributed by atoms with Gasteiger partial charge in [0.2, 0.25) is 0 Å². The van der Waals surface area contributed by atoms with Crippen LogP contribution in [0.25, 0.3) is 22.1 Å². The molecule has 2 aromatic carbocycles. The Bertz CT molecular complexity index is 740. The van der Waals surface area contributed by atoms with Gasteiger partial charge in [0.1, 0.15) is 5.75 Å². The molecule has 3 rings (SSSR count). The van der Waals surface area contributed by atoms with Crippen LogP contribution < -0.4 is 0 Å². The lowest BCUT2D eigenvalue weighted by molar-refractivity contribution is 0.404. The minimum absolute atomic E-state index is 0.106. The van der Waals surface area contributed by atoms with Gasteiger partial charge >= 0.3 is 0 Å². The normalized spacial score (nSPS) is 11.1. The topological polar surface area (TPSA) is 86.5 Å². The quantitative estimate of drug-likeness (QED) is 0.404. The SMILES string of the molecule is Oc1ccc2nc3cc(O)c(O)cc3nc2c1. The Labute approximate surface area is 95.6 Å². The Hall–Kier alpha value is -2.56. The van der Waals surface area contributed by atoms with Crippen molar-refractivity contribution in [2.75, 3.05) is 0 Å². The summed E-state index contributed by atoms with van der Waals surface area (Å²) >= 11 is 0. The summed E-state index contributed by atoms with van der Waals surface area (Å²) in [5, 5.41) is 28.1. The molecule has 0 saturated heterocycles. The summed E-state index contributed by atoms with van der Waals surface area (Å²) in [5.41, 5.74) is 2.08. The molecule has 0 bridgehead atoms. The van der Waals surface area contributed by atoms with Gasteiger partial charge in [-0.15, -0.1) is 0 Å². The molecule has 0 saturated carbocycles. The molecule has 0 radical (unpaired) electrons. The van der Waals surface area contributed by atoms with Gasteiger partial charge in [-0.05, 0) is 12.1 Å². The summed E-state index contributed by atoms with van der Waals surface area (Å²) in [6.07, 6.45) is 0. The van der Waals surface area contributed by atoms with E-state index >= 15 is 0 Å². The number of aromatic hydroxyl groups is 3. The van der Waals surface area contributed by atoms with Gasteiger partial charge in [-0.1, -0.05) is 0 Å². The first-order valence-electron chi connectivity index (χ1n) is 4.96. The maximum Gasteiger partial charge on any atom is 0.159 e. The van der Waals surface area contributed by atoms with Crippen molar-refractivity contribution in [2.24, 2.45) is 0 Å². The second-order valence-electron chi connectivity index (χ2n) is 3.73. The van der Waals surface area contributed by atoms with E-state index in [2.05, 4.69) is 9.97 Å². The summed E-state index contributed by atoms with van der Waals surface area (Å²) in [7, 11) is 0. The lowest BCUT2D eigenvalue weighted by Gasteiger charge is -2.03. The molecule has 84 valence electrons. The maximum absolute atomic E-state index is 9.38. The molecule has 0 unspecified atom stereocenters. The highest BCUT2D eigenvalue weighted by Crippen LogP contribution is 2.29. The van der Waals surface area contributed by atoms with E-state index in [1.165, 1.54) is 24.3 Å². The lowest BCUT2D eigenvalue weighted by Crippen LogP contribution is -1.87. The largest absolute Gasteiger partial charge is 0.508 e. The average molecular weight is 228 g/mol. The fourth-order valence-corrected chi connectivity index (χ4v) is 1.69. The molecule has 0 aliphatic rings. The Balaban J connectivity index is 2.43. The molecule has 1 aromatic heterocycles. The first kappa shape index (κ1) is 9.65. The number of hydrogen-bond acceptors (Lipinski definition) is 5. The molecule has 0 aliphatic carbocycles. The van der Waals surface area contributed by atoms with E-state index in [1.807, 2.05) is 0 Å². The monoisotopic (exact) mass is 228 g/mol. The van der Waals surface area contributed by atoms with E-state index in [1.54, 1.807) is 6.07 Å². The van der Waals surface area contributed by atoms with Gasteiger partial charge in [0, 0.05) is 18.2 Å². The summed E-state index contributed by atoms with van der Waals surface area (Å²) in [5.74, 6) is -0.370. The lowest BCUT2D eigenvalue weighted by atomic mass is 10.2. The van der Waals surface area contributed by atoms with Crippen LogP contribution in [0.2, 0.25) is 0 Å². The highest BCUT2D eigenvalue weighted by atomic mass is 16.3. The molecular weight excluding hydrogens is 220 g/mol. The maximum atomic E-state index is 9.38. The van der Waals surface area contributed by atoms with Crippen molar-refractivity contribution in [1.82, 2.24) is 9.97 Å². The second kappa shape index (κ2) is 3.21. The number of phenols is 3. The Morgan fingerprint density at radius 1 is 0.647 bits per heavy atom. The van der Waals surface area contributed by atoms with Gasteiger partial charge in [0.05, 0.1) is 22.1 Å². The third-order valence-electron chi connectivity index (χ3n) is 2.51. The first-order valence-corrected chi connectivity index (χ1v) is 4.96. The molecule has 0 fully saturated rings. The Kier molecular flexibility index (Phi) is 1.82. The van der Waals surface area contributed by atoms with E-state index < -0.39 is 0 Å². The standard InChI is InChI=1S/C12H8N2O3/c15-6-1-2-7-8(3-6)14-10-5-12(17)11(16)4-9(10)13-7/h1-5,15-17H. The van der Waals surface area contributed by atoms with Crippen LogP contribution in [0.15, 0.2) is 30.3 Å². The van der Waals surface area contributed by atoms with Crippen molar-refractivity contribution < 1.29 is 15.3 Å². The van der Waals surface area contributed by atoms with E-state index in [0.717, 1.165) is 0 Å². The van der Waals surface area contributed by atoms with Crippen LogP contribution in [0.4, 0.5) is 0 Å². The second-order valence-corrected chi connectivity index (χ2v) is 3.73. The number of hydrogen-bond donors (Lipinski definition) is 3. The van der Waals surface area contributed by atoms with Crippen molar-refractivity contribution in [1.29, 1.82) is 0 Å². The predicted octanol–water partition coefficient (Wildman–Crippen LogP) is 1.90. The van der Waals surface area contributed by atoms with E-state index in [9.17, 15) is 15.3 Å². The minimum atomic E-state index is -0.244.